The van der Waals surface area contributed by atoms with Crippen molar-refractivity contribution in [2.45, 2.75) is 31.2 Å². The fraction of sp³-hybridized carbons (Fsp3) is 0.389. The molecule has 1 unspecified atom stereocenters. The lowest BCUT2D eigenvalue weighted by molar-refractivity contribution is -0.133. The van der Waals surface area contributed by atoms with Gasteiger partial charge in [0.05, 0.1) is 5.69 Å². The first-order chi connectivity index (χ1) is 12.1. The lowest BCUT2D eigenvalue weighted by Gasteiger charge is -2.39. The van der Waals surface area contributed by atoms with Gasteiger partial charge in [-0.2, -0.15) is 0 Å². The van der Waals surface area contributed by atoms with Crippen molar-refractivity contribution in [3.8, 4) is 5.69 Å². The normalized spacial score (nSPS) is 23.0. The summed E-state index contributed by atoms with van der Waals surface area (Å²) in [5, 5.41) is 5.78. The number of carbonyl (C=O) groups excluding carboxylic acids is 2. The maximum atomic E-state index is 13.0. The fourth-order valence-electron chi connectivity index (χ4n) is 3.95. The van der Waals surface area contributed by atoms with Crippen molar-refractivity contribution in [3.05, 3.63) is 52.4 Å². The number of hydrogen-bond acceptors (Lipinski definition) is 3. The van der Waals surface area contributed by atoms with Crippen LogP contribution in [0.4, 0.5) is 0 Å². The SMILES string of the molecule is O=C(c1cc(=O)n(-c2ccccc2)[nH]1)N1CCCC12CCCNC2=O. The van der Waals surface area contributed by atoms with Crippen molar-refractivity contribution in [2.75, 3.05) is 13.1 Å². The lowest BCUT2D eigenvalue weighted by Crippen LogP contribution is -2.60. The second kappa shape index (κ2) is 5.91. The number of amides is 2. The van der Waals surface area contributed by atoms with E-state index >= 15 is 0 Å². The minimum atomic E-state index is -0.763. The molecule has 7 heteroatoms. The van der Waals surface area contributed by atoms with Crippen LogP contribution in [0.2, 0.25) is 0 Å². The van der Waals surface area contributed by atoms with Crippen molar-refractivity contribution >= 4 is 11.8 Å². The van der Waals surface area contributed by atoms with Crippen molar-refractivity contribution in [3.63, 3.8) is 0 Å². The van der Waals surface area contributed by atoms with Crippen LogP contribution >= 0.6 is 0 Å². The zero-order valence-electron chi connectivity index (χ0n) is 13.8. The van der Waals surface area contributed by atoms with E-state index in [0.29, 0.717) is 31.6 Å². The molecule has 1 aromatic heterocycles. The minimum Gasteiger partial charge on any atom is -0.354 e. The van der Waals surface area contributed by atoms with E-state index < -0.39 is 5.54 Å². The van der Waals surface area contributed by atoms with E-state index in [2.05, 4.69) is 10.4 Å². The summed E-state index contributed by atoms with van der Waals surface area (Å²) in [5.41, 5.74) is -0.177. The molecule has 0 bridgehead atoms. The number of nitrogens with zero attached hydrogens (tertiary/aromatic N) is 2. The fourth-order valence-corrected chi connectivity index (χ4v) is 3.95. The Bertz CT molecular complexity index is 870. The number of likely N-dealkylation sites (tertiary alicyclic amines) is 1. The Morgan fingerprint density at radius 1 is 1.08 bits per heavy atom. The molecule has 25 heavy (non-hydrogen) atoms. The highest BCUT2D eigenvalue weighted by molar-refractivity contribution is 5.98. The minimum absolute atomic E-state index is 0.0746. The maximum Gasteiger partial charge on any atom is 0.272 e. The molecule has 7 nitrogen and oxygen atoms in total. The van der Waals surface area contributed by atoms with Gasteiger partial charge in [-0.15, -0.1) is 0 Å². The Morgan fingerprint density at radius 3 is 2.60 bits per heavy atom. The first kappa shape index (κ1) is 15.7. The molecular weight excluding hydrogens is 320 g/mol. The summed E-state index contributed by atoms with van der Waals surface area (Å²) < 4.78 is 1.34. The van der Waals surface area contributed by atoms with E-state index in [0.717, 1.165) is 12.8 Å². The number of nitrogens with one attached hydrogen (secondary N) is 2. The van der Waals surface area contributed by atoms with Crippen LogP contribution in [-0.2, 0) is 4.79 Å². The molecule has 0 radical (unpaired) electrons. The van der Waals surface area contributed by atoms with E-state index in [-0.39, 0.29) is 23.1 Å². The van der Waals surface area contributed by atoms with E-state index in [1.54, 1.807) is 17.0 Å². The first-order valence-electron chi connectivity index (χ1n) is 8.60. The third-order valence-corrected chi connectivity index (χ3v) is 5.17. The van der Waals surface area contributed by atoms with Gasteiger partial charge in [-0.05, 0) is 37.8 Å². The van der Waals surface area contributed by atoms with Gasteiger partial charge >= 0.3 is 0 Å². The molecule has 1 aromatic carbocycles. The van der Waals surface area contributed by atoms with Gasteiger partial charge in [-0.25, -0.2) is 4.68 Å². The van der Waals surface area contributed by atoms with Gasteiger partial charge < -0.3 is 10.2 Å². The van der Waals surface area contributed by atoms with Crippen LogP contribution in [0, 0.1) is 0 Å². The van der Waals surface area contributed by atoms with Crippen molar-refractivity contribution in [1.29, 1.82) is 0 Å². The molecule has 0 aliphatic carbocycles. The topological polar surface area (TPSA) is 87.2 Å². The molecule has 2 amide bonds. The van der Waals surface area contributed by atoms with Gasteiger partial charge in [-0.1, -0.05) is 18.2 Å². The number of piperidine rings is 1. The molecule has 2 aromatic rings. The number of benzene rings is 1. The summed E-state index contributed by atoms with van der Waals surface area (Å²) in [5.74, 6) is -0.365. The number of H-pyrrole nitrogens is 1. The number of carbonyl (C=O) groups is 2. The van der Waals surface area contributed by atoms with Crippen LogP contribution < -0.4 is 10.9 Å². The molecule has 2 aliphatic heterocycles. The van der Waals surface area contributed by atoms with Crippen molar-refractivity contribution < 1.29 is 9.59 Å². The summed E-state index contributed by atoms with van der Waals surface area (Å²) in [6.45, 7) is 1.19. The van der Waals surface area contributed by atoms with Gasteiger partial charge in [0.1, 0.15) is 11.2 Å². The number of para-hydroxylation sites is 1. The Morgan fingerprint density at radius 2 is 1.84 bits per heavy atom. The van der Waals surface area contributed by atoms with Crippen LogP contribution in [0.1, 0.15) is 36.2 Å². The molecule has 3 heterocycles. The van der Waals surface area contributed by atoms with Crippen LogP contribution in [0.15, 0.2) is 41.2 Å². The second-order valence-corrected chi connectivity index (χ2v) is 6.63. The Labute approximate surface area is 144 Å². The number of hydrogen-bond donors (Lipinski definition) is 2. The Balaban J connectivity index is 1.67. The number of aromatic nitrogens is 2. The van der Waals surface area contributed by atoms with Gasteiger partial charge in [0.25, 0.3) is 11.5 Å². The summed E-state index contributed by atoms with van der Waals surface area (Å²) in [6, 6.07) is 10.4. The predicted octanol–water partition coefficient (Wildman–Crippen LogP) is 1.05. The summed E-state index contributed by atoms with van der Waals surface area (Å²) in [7, 11) is 0. The standard InChI is InChI=1S/C18H20N4O3/c23-15-12-14(20-22(15)13-6-2-1-3-7-13)16(24)21-11-5-9-18(21)8-4-10-19-17(18)25/h1-3,6-7,12,20H,4-5,8-11H2,(H,19,25). The number of rotatable bonds is 2. The molecular formula is C18H20N4O3. The van der Waals surface area contributed by atoms with Gasteiger partial charge in [0, 0.05) is 19.2 Å². The highest BCUT2D eigenvalue weighted by atomic mass is 16.2. The van der Waals surface area contributed by atoms with E-state index in [9.17, 15) is 14.4 Å². The van der Waals surface area contributed by atoms with Crippen molar-refractivity contribution in [2.24, 2.45) is 0 Å². The quantitative estimate of drug-likeness (QED) is 0.857. The third kappa shape index (κ3) is 2.47. The van der Waals surface area contributed by atoms with E-state index in [4.69, 9.17) is 0 Å². The Kier molecular flexibility index (Phi) is 3.71. The first-order valence-corrected chi connectivity index (χ1v) is 8.60. The monoisotopic (exact) mass is 340 g/mol. The predicted molar refractivity (Wildman–Crippen MR) is 91.6 cm³/mol. The highest BCUT2D eigenvalue weighted by Crippen LogP contribution is 2.36. The molecule has 130 valence electrons. The summed E-state index contributed by atoms with van der Waals surface area (Å²) >= 11 is 0. The van der Waals surface area contributed by atoms with Crippen molar-refractivity contribution in [1.82, 2.24) is 20.0 Å². The van der Waals surface area contributed by atoms with Crippen LogP contribution in [-0.4, -0.2) is 45.1 Å². The smallest absolute Gasteiger partial charge is 0.272 e. The highest BCUT2D eigenvalue weighted by Gasteiger charge is 2.50. The average Bonchev–Trinajstić information content (AvgIpc) is 3.22. The zero-order chi connectivity index (χ0) is 17.4. The molecule has 2 N–H and O–H groups in total. The lowest BCUT2D eigenvalue weighted by atomic mass is 9.86. The van der Waals surface area contributed by atoms with E-state index in [1.807, 2.05) is 18.2 Å². The zero-order valence-corrected chi connectivity index (χ0v) is 13.8. The Hall–Kier alpha value is -2.83. The summed E-state index contributed by atoms with van der Waals surface area (Å²) in [4.78, 5) is 39.4. The van der Waals surface area contributed by atoms with Gasteiger partial charge in [0.15, 0.2) is 0 Å². The van der Waals surface area contributed by atoms with Gasteiger partial charge in [0.2, 0.25) is 5.91 Å². The molecule has 2 saturated heterocycles. The van der Waals surface area contributed by atoms with Crippen LogP contribution in [0.25, 0.3) is 5.69 Å². The molecule has 0 saturated carbocycles. The van der Waals surface area contributed by atoms with Crippen LogP contribution in [0.5, 0.6) is 0 Å². The molecule has 1 spiro atoms. The molecule has 1 atom stereocenters. The van der Waals surface area contributed by atoms with Gasteiger partial charge in [-0.3, -0.25) is 19.5 Å². The second-order valence-electron chi connectivity index (χ2n) is 6.63. The third-order valence-electron chi connectivity index (χ3n) is 5.17. The molecule has 2 aliphatic rings. The maximum absolute atomic E-state index is 13.0. The van der Waals surface area contributed by atoms with Crippen LogP contribution in [0.3, 0.4) is 0 Å². The molecule has 2 fully saturated rings. The number of aromatic amines is 1. The average molecular weight is 340 g/mol. The largest absolute Gasteiger partial charge is 0.354 e. The van der Waals surface area contributed by atoms with E-state index in [1.165, 1.54) is 10.7 Å². The molecule has 4 rings (SSSR count). The summed E-state index contributed by atoms with van der Waals surface area (Å²) in [6.07, 6.45) is 3.00.